The van der Waals surface area contributed by atoms with Gasteiger partial charge in [0.2, 0.25) is 0 Å². The minimum atomic E-state index is 0.251. The summed E-state index contributed by atoms with van der Waals surface area (Å²) in [7, 11) is 0. The fraction of sp³-hybridized carbons (Fsp3) is 0.750. The van der Waals surface area contributed by atoms with Gasteiger partial charge < -0.3 is 0 Å². The average Bonchev–Trinajstić information content (AvgIpc) is 2.55. The molecule has 0 unspecified atom stereocenters. The second-order valence-corrected chi connectivity index (χ2v) is 3.84. The second kappa shape index (κ2) is 3.30. The van der Waals surface area contributed by atoms with Gasteiger partial charge in [0.15, 0.2) is 0 Å². The number of hydrogen-bond donors (Lipinski definition) is 0. The van der Waals surface area contributed by atoms with Gasteiger partial charge in [0.1, 0.15) is 10.5 Å². The molecule has 2 nitrogen and oxygen atoms in total. The van der Waals surface area contributed by atoms with Crippen LogP contribution in [-0.2, 0) is 5.41 Å². The Balaban J connectivity index is 2.87. The molecule has 1 rings (SSSR count). The van der Waals surface area contributed by atoms with Gasteiger partial charge in [-0.1, -0.05) is 20.8 Å². The van der Waals surface area contributed by atoms with Crippen molar-refractivity contribution in [2.24, 2.45) is 0 Å². The topological polar surface area (TPSA) is 25.8 Å². The molecular weight excluding hydrogens is 156 g/mol. The summed E-state index contributed by atoms with van der Waals surface area (Å²) in [6, 6.07) is 0. The van der Waals surface area contributed by atoms with E-state index in [1.807, 2.05) is 0 Å². The molecule has 0 atom stereocenters. The summed E-state index contributed by atoms with van der Waals surface area (Å²) in [4.78, 5) is 0. The van der Waals surface area contributed by atoms with Crippen molar-refractivity contribution in [1.29, 1.82) is 0 Å². The van der Waals surface area contributed by atoms with Crippen LogP contribution in [0.3, 0.4) is 0 Å². The summed E-state index contributed by atoms with van der Waals surface area (Å²) in [6.45, 7) is 6.64. The van der Waals surface area contributed by atoms with Gasteiger partial charge in [-0.05, 0) is 12.8 Å². The summed E-state index contributed by atoms with van der Waals surface area (Å²) in [5, 5.41) is 9.12. The van der Waals surface area contributed by atoms with Crippen molar-refractivity contribution in [3.05, 3.63) is 10.5 Å². The summed E-state index contributed by atoms with van der Waals surface area (Å²) in [5.74, 6) is 0. The number of nitrogens with zero attached hydrogens (tertiary/aromatic N) is 2. The van der Waals surface area contributed by atoms with Gasteiger partial charge in [-0.2, -0.15) is 0 Å². The molecule has 0 amide bonds. The van der Waals surface area contributed by atoms with Crippen LogP contribution >= 0.6 is 11.3 Å². The zero-order chi connectivity index (χ0) is 8.32. The van der Waals surface area contributed by atoms with Crippen LogP contribution in [0.25, 0.3) is 0 Å². The van der Waals surface area contributed by atoms with Crippen LogP contribution in [0.4, 0.5) is 0 Å². The zero-order valence-corrected chi connectivity index (χ0v) is 8.11. The summed E-state index contributed by atoms with van der Waals surface area (Å²) >= 11 is 1.66. The van der Waals surface area contributed by atoms with Crippen molar-refractivity contribution in [3.63, 3.8) is 0 Å². The van der Waals surface area contributed by atoms with Crippen LogP contribution in [0.2, 0.25) is 0 Å². The third kappa shape index (κ3) is 1.59. The van der Waals surface area contributed by atoms with Crippen molar-refractivity contribution in [2.45, 2.75) is 39.0 Å². The van der Waals surface area contributed by atoms with E-state index in [-0.39, 0.29) is 5.41 Å². The van der Waals surface area contributed by atoms with Gasteiger partial charge in [0.25, 0.3) is 0 Å². The lowest BCUT2D eigenvalue weighted by molar-refractivity contribution is 0.433. The standard InChI is InChI=1S/C8H14N2S/c1-4-8(3,5-2)7-10-9-6-11-7/h6H,4-5H2,1-3H3. The Bertz CT molecular complexity index is 202. The quantitative estimate of drug-likeness (QED) is 0.697. The van der Waals surface area contributed by atoms with E-state index >= 15 is 0 Å². The molecule has 0 saturated heterocycles. The molecule has 0 aliphatic rings. The molecule has 62 valence electrons. The number of hydrogen-bond acceptors (Lipinski definition) is 3. The van der Waals surface area contributed by atoms with Crippen molar-refractivity contribution < 1.29 is 0 Å². The van der Waals surface area contributed by atoms with E-state index in [0.29, 0.717) is 0 Å². The first kappa shape index (κ1) is 8.65. The molecular formula is C8H14N2S. The van der Waals surface area contributed by atoms with Gasteiger partial charge in [0.05, 0.1) is 0 Å². The SMILES string of the molecule is CCC(C)(CC)c1nncs1. The highest BCUT2D eigenvalue weighted by Crippen LogP contribution is 2.31. The van der Waals surface area contributed by atoms with E-state index < -0.39 is 0 Å². The molecule has 1 heterocycles. The van der Waals surface area contributed by atoms with Crippen LogP contribution in [-0.4, -0.2) is 10.2 Å². The lowest BCUT2D eigenvalue weighted by Crippen LogP contribution is -2.19. The first-order valence-electron chi connectivity index (χ1n) is 3.99. The minimum Gasteiger partial charge on any atom is -0.147 e. The highest BCUT2D eigenvalue weighted by atomic mass is 32.1. The van der Waals surface area contributed by atoms with Crippen molar-refractivity contribution >= 4 is 11.3 Å². The zero-order valence-electron chi connectivity index (χ0n) is 7.29. The monoisotopic (exact) mass is 170 g/mol. The fourth-order valence-corrected chi connectivity index (χ4v) is 1.85. The van der Waals surface area contributed by atoms with E-state index in [0.717, 1.165) is 12.8 Å². The van der Waals surface area contributed by atoms with E-state index in [1.54, 1.807) is 16.8 Å². The van der Waals surface area contributed by atoms with Crippen LogP contribution < -0.4 is 0 Å². The lowest BCUT2D eigenvalue weighted by atomic mass is 9.86. The summed E-state index contributed by atoms with van der Waals surface area (Å²) < 4.78 is 0. The van der Waals surface area contributed by atoms with E-state index in [4.69, 9.17) is 0 Å². The molecule has 0 bridgehead atoms. The molecule has 0 radical (unpaired) electrons. The second-order valence-electron chi connectivity index (χ2n) is 3.01. The third-order valence-electron chi connectivity index (χ3n) is 2.44. The molecule has 0 saturated carbocycles. The van der Waals surface area contributed by atoms with Gasteiger partial charge in [-0.15, -0.1) is 21.5 Å². The molecule has 1 aromatic rings. The maximum absolute atomic E-state index is 4.10. The van der Waals surface area contributed by atoms with Crippen LogP contribution in [0.15, 0.2) is 5.51 Å². The number of rotatable bonds is 3. The average molecular weight is 170 g/mol. The fourth-order valence-electron chi connectivity index (χ4n) is 0.988. The van der Waals surface area contributed by atoms with E-state index in [9.17, 15) is 0 Å². The third-order valence-corrected chi connectivity index (χ3v) is 3.43. The molecule has 0 spiro atoms. The molecule has 0 fully saturated rings. The first-order valence-corrected chi connectivity index (χ1v) is 4.87. The predicted molar refractivity (Wildman–Crippen MR) is 47.8 cm³/mol. The molecule has 1 aromatic heterocycles. The molecule has 0 aliphatic carbocycles. The molecule has 0 aliphatic heterocycles. The Morgan fingerprint density at radius 3 is 2.45 bits per heavy atom. The lowest BCUT2D eigenvalue weighted by Gasteiger charge is -2.22. The Hall–Kier alpha value is -0.440. The van der Waals surface area contributed by atoms with Gasteiger partial charge >= 0.3 is 0 Å². The molecule has 0 aromatic carbocycles. The van der Waals surface area contributed by atoms with Crippen molar-refractivity contribution in [2.75, 3.05) is 0 Å². The normalized spacial score (nSPS) is 11.9. The Morgan fingerprint density at radius 2 is 2.09 bits per heavy atom. The largest absolute Gasteiger partial charge is 0.147 e. The maximum atomic E-state index is 4.10. The molecule has 11 heavy (non-hydrogen) atoms. The Kier molecular flexibility index (Phi) is 2.60. The highest BCUT2D eigenvalue weighted by Gasteiger charge is 2.25. The maximum Gasteiger partial charge on any atom is 0.123 e. The highest BCUT2D eigenvalue weighted by molar-refractivity contribution is 7.09. The van der Waals surface area contributed by atoms with Crippen molar-refractivity contribution in [3.8, 4) is 0 Å². The summed E-state index contributed by atoms with van der Waals surface area (Å²) in [5.41, 5.74) is 2.06. The molecule has 0 N–H and O–H groups in total. The Morgan fingerprint density at radius 1 is 1.45 bits per heavy atom. The minimum absolute atomic E-state index is 0.251. The van der Waals surface area contributed by atoms with Crippen molar-refractivity contribution in [1.82, 2.24) is 10.2 Å². The summed E-state index contributed by atoms with van der Waals surface area (Å²) in [6.07, 6.45) is 2.28. The van der Waals surface area contributed by atoms with Gasteiger partial charge in [-0.3, -0.25) is 0 Å². The van der Waals surface area contributed by atoms with Crippen LogP contribution in [0.5, 0.6) is 0 Å². The Labute approximate surface area is 71.7 Å². The van der Waals surface area contributed by atoms with E-state index in [1.165, 1.54) is 5.01 Å². The first-order chi connectivity index (χ1) is 5.23. The van der Waals surface area contributed by atoms with Crippen LogP contribution in [0.1, 0.15) is 38.6 Å². The van der Waals surface area contributed by atoms with E-state index in [2.05, 4.69) is 31.0 Å². The van der Waals surface area contributed by atoms with Gasteiger partial charge in [-0.25, -0.2) is 0 Å². The number of aromatic nitrogens is 2. The molecule has 3 heteroatoms. The van der Waals surface area contributed by atoms with Gasteiger partial charge in [0, 0.05) is 5.41 Å². The smallest absolute Gasteiger partial charge is 0.123 e. The predicted octanol–water partition coefficient (Wildman–Crippen LogP) is 2.62. The van der Waals surface area contributed by atoms with Crippen LogP contribution in [0, 0.1) is 0 Å².